The number of nitrogens with zero attached hydrogens (tertiary/aromatic N) is 2. The summed E-state index contributed by atoms with van der Waals surface area (Å²) in [5.41, 5.74) is 0.871. The fraction of sp³-hybridized carbons (Fsp3) is 0.0476. The van der Waals surface area contributed by atoms with E-state index < -0.39 is 4.92 Å². The predicted molar refractivity (Wildman–Crippen MR) is 119 cm³/mol. The lowest BCUT2D eigenvalue weighted by molar-refractivity contribution is -0.384. The number of anilines is 1. The molecule has 0 aliphatic carbocycles. The highest BCUT2D eigenvalue weighted by Crippen LogP contribution is 2.40. The summed E-state index contributed by atoms with van der Waals surface area (Å²) in [6.07, 6.45) is 1.58. The molecule has 2 aromatic carbocycles. The van der Waals surface area contributed by atoms with Gasteiger partial charge in [-0.3, -0.25) is 19.8 Å². The van der Waals surface area contributed by atoms with Gasteiger partial charge in [0.2, 0.25) is 0 Å². The molecule has 1 fully saturated rings. The molecule has 0 unspecified atom stereocenters. The lowest BCUT2D eigenvalue weighted by atomic mass is 10.1. The topological polar surface area (TPSA) is 85.8 Å². The molecule has 1 aliphatic heterocycles. The summed E-state index contributed by atoms with van der Waals surface area (Å²) in [5, 5.41) is 11.3. The second-order valence-corrected chi connectivity index (χ2v) is 7.84. The molecular weight excluding hydrogens is 424 g/mol. The Morgan fingerprint density at radius 1 is 1.13 bits per heavy atom. The van der Waals surface area contributed by atoms with Gasteiger partial charge in [-0.05, 0) is 30.3 Å². The van der Waals surface area contributed by atoms with Crippen molar-refractivity contribution in [1.29, 1.82) is 0 Å². The van der Waals surface area contributed by atoms with Gasteiger partial charge in [0, 0.05) is 12.1 Å². The van der Waals surface area contributed by atoms with Crippen LogP contribution in [0.1, 0.15) is 5.76 Å². The minimum absolute atomic E-state index is 0.0547. The maximum absolute atomic E-state index is 13.0. The van der Waals surface area contributed by atoms with E-state index in [1.807, 2.05) is 6.07 Å². The molecule has 0 saturated carbocycles. The number of furan rings is 1. The Morgan fingerprint density at radius 3 is 2.63 bits per heavy atom. The van der Waals surface area contributed by atoms with Crippen LogP contribution in [0.3, 0.4) is 0 Å². The van der Waals surface area contributed by atoms with Gasteiger partial charge in [0.25, 0.3) is 11.6 Å². The summed E-state index contributed by atoms with van der Waals surface area (Å²) in [6.45, 7) is 0. The Kier molecular flexibility index (Phi) is 5.39. The number of benzene rings is 2. The SMILES string of the molecule is COc1ccccc1N1C(=O)/C(=C\c2ccc(-c3ccccc3[N+](=O)[O-])o2)SC1=S. The normalized spacial score (nSPS) is 15.1. The molecule has 0 bridgehead atoms. The third-order valence-corrected chi connectivity index (χ3v) is 5.69. The number of nitro benzene ring substituents is 1. The number of hydrogen-bond donors (Lipinski definition) is 0. The van der Waals surface area contributed by atoms with Gasteiger partial charge in [0.15, 0.2) is 4.32 Å². The van der Waals surface area contributed by atoms with Crippen LogP contribution in [0.2, 0.25) is 0 Å². The quantitative estimate of drug-likeness (QED) is 0.232. The van der Waals surface area contributed by atoms with Crippen molar-refractivity contribution in [2.24, 2.45) is 0 Å². The Balaban J connectivity index is 1.65. The maximum Gasteiger partial charge on any atom is 0.280 e. The van der Waals surface area contributed by atoms with Gasteiger partial charge in [-0.1, -0.05) is 48.2 Å². The summed E-state index contributed by atoms with van der Waals surface area (Å²) in [4.78, 5) is 25.6. The molecule has 30 heavy (non-hydrogen) atoms. The zero-order chi connectivity index (χ0) is 21.3. The first-order valence-corrected chi connectivity index (χ1v) is 9.96. The maximum atomic E-state index is 13.0. The molecule has 0 radical (unpaired) electrons. The van der Waals surface area contributed by atoms with Crippen molar-refractivity contribution in [1.82, 2.24) is 0 Å². The number of methoxy groups -OCH3 is 1. The van der Waals surface area contributed by atoms with Crippen LogP contribution in [-0.2, 0) is 4.79 Å². The molecule has 1 aliphatic rings. The van der Waals surface area contributed by atoms with E-state index in [0.29, 0.717) is 37.7 Å². The average molecular weight is 438 g/mol. The Hall–Kier alpha value is -3.43. The average Bonchev–Trinajstić information content (AvgIpc) is 3.32. The lowest BCUT2D eigenvalue weighted by Crippen LogP contribution is -2.27. The standard InChI is InChI=1S/C21H14N2O5S2/c1-27-18-9-5-4-8-16(18)22-20(24)19(30-21(22)29)12-13-10-11-17(28-13)14-6-2-3-7-15(14)23(25)26/h2-12H,1H3/b19-12+. The molecule has 1 aromatic heterocycles. The Morgan fingerprint density at radius 2 is 1.87 bits per heavy atom. The van der Waals surface area contributed by atoms with E-state index >= 15 is 0 Å². The molecular formula is C21H14N2O5S2. The molecule has 2 heterocycles. The van der Waals surface area contributed by atoms with Gasteiger partial charge in [-0.25, -0.2) is 0 Å². The molecule has 0 spiro atoms. The number of thioether (sulfide) groups is 1. The van der Waals surface area contributed by atoms with Crippen LogP contribution in [0.5, 0.6) is 5.75 Å². The van der Waals surface area contributed by atoms with Gasteiger partial charge in [-0.2, -0.15) is 0 Å². The van der Waals surface area contributed by atoms with Gasteiger partial charge in [0.1, 0.15) is 17.3 Å². The molecule has 7 nitrogen and oxygen atoms in total. The number of nitro groups is 1. The fourth-order valence-corrected chi connectivity index (χ4v) is 4.30. The largest absolute Gasteiger partial charge is 0.495 e. The first kappa shape index (κ1) is 19.9. The second kappa shape index (κ2) is 8.13. The first-order chi connectivity index (χ1) is 14.5. The van der Waals surface area contributed by atoms with Crippen LogP contribution in [-0.4, -0.2) is 22.3 Å². The summed E-state index contributed by atoms with van der Waals surface area (Å²) < 4.78 is 11.5. The predicted octanol–water partition coefficient (Wildman–Crippen LogP) is 5.27. The number of hydrogen-bond acceptors (Lipinski definition) is 7. The van der Waals surface area contributed by atoms with Gasteiger partial charge >= 0.3 is 0 Å². The van der Waals surface area contributed by atoms with Gasteiger partial charge in [0.05, 0.1) is 28.2 Å². The van der Waals surface area contributed by atoms with Crippen LogP contribution in [0, 0.1) is 10.1 Å². The minimum Gasteiger partial charge on any atom is -0.495 e. The Labute approximate surface area is 181 Å². The summed E-state index contributed by atoms with van der Waals surface area (Å²) in [7, 11) is 1.53. The molecule has 1 saturated heterocycles. The van der Waals surface area contributed by atoms with Crippen molar-refractivity contribution in [3.8, 4) is 17.1 Å². The van der Waals surface area contributed by atoms with E-state index in [0.717, 1.165) is 11.8 Å². The van der Waals surface area contributed by atoms with Crippen molar-refractivity contribution < 1.29 is 18.9 Å². The third-order valence-electron chi connectivity index (χ3n) is 4.39. The van der Waals surface area contributed by atoms with E-state index in [1.54, 1.807) is 54.6 Å². The van der Waals surface area contributed by atoms with Crippen molar-refractivity contribution in [2.45, 2.75) is 0 Å². The second-order valence-electron chi connectivity index (χ2n) is 6.17. The van der Waals surface area contributed by atoms with Gasteiger partial charge in [-0.15, -0.1) is 0 Å². The van der Waals surface area contributed by atoms with Crippen molar-refractivity contribution in [2.75, 3.05) is 12.0 Å². The zero-order valence-electron chi connectivity index (χ0n) is 15.6. The van der Waals surface area contributed by atoms with E-state index in [1.165, 1.54) is 18.1 Å². The highest BCUT2D eigenvalue weighted by atomic mass is 32.2. The number of para-hydroxylation sites is 3. The smallest absolute Gasteiger partial charge is 0.280 e. The zero-order valence-corrected chi connectivity index (χ0v) is 17.2. The van der Waals surface area contributed by atoms with Crippen LogP contribution in [0.25, 0.3) is 17.4 Å². The Bertz CT molecular complexity index is 1200. The summed E-state index contributed by atoms with van der Waals surface area (Å²) in [5.74, 6) is 0.974. The van der Waals surface area contributed by atoms with E-state index in [4.69, 9.17) is 21.4 Å². The van der Waals surface area contributed by atoms with E-state index in [9.17, 15) is 14.9 Å². The highest BCUT2D eigenvalue weighted by molar-refractivity contribution is 8.27. The molecule has 150 valence electrons. The number of ether oxygens (including phenoxy) is 1. The van der Waals surface area contributed by atoms with Crippen molar-refractivity contribution in [3.05, 3.63) is 81.4 Å². The molecule has 0 atom stereocenters. The number of thiocarbonyl (C=S) groups is 1. The van der Waals surface area contributed by atoms with Crippen molar-refractivity contribution in [3.63, 3.8) is 0 Å². The number of carbonyl (C=O) groups excluding carboxylic acids is 1. The summed E-state index contributed by atoms with van der Waals surface area (Å²) >= 11 is 6.54. The van der Waals surface area contributed by atoms with Crippen LogP contribution < -0.4 is 9.64 Å². The highest BCUT2D eigenvalue weighted by Gasteiger charge is 2.35. The number of carbonyl (C=O) groups is 1. The lowest BCUT2D eigenvalue weighted by Gasteiger charge is -2.17. The van der Waals surface area contributed by atoms with Crippen molar-refractivity contribution >= 4 is 51.7 Å². The molecule has 1 amide bonds. The minimum atomic E-state index is -0.462. The number of amides is 1. The molecule has 3 aromatic rings. The third kappa shape index (κ3) is 3.60. The van der Waals surface area contributed by atoms with E-state index in [-0.39, 0.29) is 11.6 Å². The molecule has 4 rings (SSSR count). The fourth-order valence-electron chi connectivity index (χ4n) is 3.04. The van der Waals surface area contributed by atoms with Crippen LogP contribution in [0.15, 0.2) is 70.0 Å². The first-order valence-electron chi connectivity index (χ1n) is 8.74. The monoisotopic (exact) mass is 438 g/mol. The van der Waals surface area contributed by atoms with Gasteiger partial charge < -0.3 is 9.15 Å². The van der Waals surface area contributed by atoms with Crippen LogP contribution in [0.4, 0.5) is 11.4 Å². The van der Waals surface area contributed by atoms with Crippen LogP contribution >= 0.6 is 24.0 Å². The molecule has 0 N–H and O–H groups in total. The molecule has 9 heteroatoms. The summed E-state index contributed by atoms with van der Waals surface area (Å²) in [6, 6.07) is 16.7. The van der Waals surface area contributed by atoms with E-state index in [2.05, 4.69) is 0 Å². The number of rotatable bonds is 5.